The summed E-state index contributed by atoms with van der Waals surface area (Å²) < 4.78 is 5.16. The van der Waals surface area contributed by atoms with Crippen molar-refractivity contribution in [3.8, 4) is 5.75 Å². The zero-order chi connectivity index (χ0) is 23.9. The van der Waals surface area contributed by atoms with Crippen LogP contribution in [0.5, 0.6) is 5.75 Å². The summed E-state index contributed by atoms with van der Waals surface area (Å²) in [6, 6.07) is 24.1. The van der Waals surface area contributed by atoms with Gasteiger partial charge in [0, 0.05) is 23.7 Å². The number of rotatable bonds is 7. The minimum absolute atomic E-state index is 0.0983. The predicted molar refractivity (Wildman–Crippen MR) is 138 cm³/mol. The second-order valence-corrected chi connectivity index (χ2v) is 9.29. The van der Waals surface area contributed by atoms with Gasteiger partial charge in [0.2, 0.25) is 11.8 Å². The summed E-state index contributed by atoms with van der Waals surface area (Å²) in [5.74, 6) is 0.332. The van der Waals surface area contributed by atoms with Crippen LogP contribution in [-0.4, -0.2) is 40.8 Å². The van der Waals surface area contributed by atoms with E-state index in [-0.39, 0.29) is 18.2 Å². The Hall–Kier alpha value is -3.29. The topological polar surface area (TPSA) is 71.0 Å². The Morgan fingerprint density at radius 1 is 1.09 bits per heavy atom. The van der Waals surface area contributed by atoms with E-state index in [1.54, 1.807) is 60.5 Å². The number of halogens is 1. The van der Waals surface area contributed by atoms with E-state index >= 15 is 0 Å². The van der Waals surface area contributed by atoms with Gasteiger partial charge in [0.1, 0.15) is 11.0 Å². The Kier molecular flexibility index (Phi) is 7.87. The van der Waals surface area contributed by atoms with Crippen LogP contribution in [0, 0.1) is 0 Å². The zero-order valence-electron chi connectivity index (χ0n) is 18.6. The average Bonchev–Trinajstić information content (AvgIpc) is 2.86. The molecule has 2 amide bonds. The van der Waals surface area contributed by atoms with Crippen molar-refractivity contribution in [2.24, 2.45) is 4.99 Å². The second-order valence-electron chi connectivity index (χ2n) is 7.68. The molecule has 174 valence electrons. The van der Waals surface area contributed by atoms with Gasteiger partial charge in [-0.25, -0.2) is 4.99 Å². The monoisotopic (exact) mass is 493 g/mol. The van der Waals surface area contributed by atoms with E-state index in [1.807, 2.05) is 30.3 Å². The van der Waals surface area contributed by atoms with Gasteiger partial charge in [-0.3, -0.25) is 14.5 Å². The van der Waals surface area contributed by atoms with Crippen LogP contribution < -0.4 is 10.1 Å². The molecule has 3 aromatic carbocycles. The van der Waals surface area contributed by atoms with E-state index in [0.717, 1.165) is 5.56 Å². The molecular formula is C26H24ClN3O3S. The van der Waals surface area contributed by atoms with E-state index < -0.39 is 5.25 Å². The first-order valence-corrected chi connectivity index (χ1v) is 12.1. The maximum absolute atomic E-state index is 13.1. The molecule has 0 saturated carbocycles. The van der Waals surface area contributed by atoms with E-state index in [0.29, 0.717) is 40.3 Å². The summed E-state index contributed by atoms with van der Waals surface area (Å²) in [5, 5.41) is 3.41. The van der Waals surface area contributed by atoms with Crippen LogP contribution in [0.1, 0.15) is 12.0 Å². The largest absolute Gasteiger partial charge is 0.497 e. The molecule has 1 aliphatic heterocycles. The van der Waals surface area contributed by atoms with Gasteiger partial charge in [0.15, 0.2) is 5.17 Å². The number of amidine groups is 1. The Morgan fingerprint density at radius 3 is 2.47 bits per heavy atom. The first-order valence-electron chi connectivity index (χ1n) is 10.8. The minimum atomic E-state index is -0.589. The van der Waals surface area contributed by atoms with Crippen molar-refractivity contribution in [1.29, 1.82) is 0 Å². The Balaban J connectivity index is 1.53. The Bertz CT molecular complexity index is 1170. The number of thioether (sulfide) groups is 1. The number of amides is 2. The molecule has 1 fully saturated rings. The number of anilines is 1. The van der Waals surface area contributed by atoms with Gasteiger partial charge < -0.3 is 10.1 Å². The lowest BCUT2D eigenvalue weighted by Crippen LogP contribution is -2.46. The van der Waals surface area contributed by atoms with E-state index in [4.69, 9.17) is 21.3 Å². The molecule has 1 atom stereocenters. The SMILES string of the molecule is COc1ccc(NC(=O)[C@H]2CC(=O)N(CCc3ccccc3)C(=Nc3ccc(Cl)cc3)S2)cc1. The van der Waals surface area contributed by atoms with E-state index in [2.05, 4.69) is 5.32 Å². The Labute approximate surface area is 208 Å². The summed E-state index contributed by atoms with van der Waals surface area (Å²) in [6.07, 6.45) is 0.788. The highest BCUT2D eigenvalue weighted by molar-refractivity contribution is 8.15. The number of hydrogen-bond acceptors (Lipinski definition) is 5. The molecule has 3 aromatic rings. The molecule has 0 radical (unpaired) electrons. The van der Waals surface area contributed by atoms with Gasteiger partial charge in [-0.1, -0.05) is 53.7 Å². The molecule has 6 nitrogen and oxygen atoms in total. The van der Waals surface area contributed by atoms with Gasteiger partial charge in [0.05, 0.1) is 12.8 Å². The third-order valence-corrected chi connectivity index (χ3v) is 6.75. The highest BCUT2D eigenvalue weighted by Gasteiger charge is 2.35. The lowest BCUT2D eigenvalue weighted by atomic mass is 10.1. The molecule has 0 spiro atoms. The van der Waals surface area contributed by atoms with Gasteiger partial charge >= 0.3 is 0 Å². The average molecular weight is 494 g/mol. The fourth-order valence-electron chi connectivity index (χ4n) is 3.47. The predicted octanol–water partition coefficient (Wildman–Crippen LogP) is 5.55. The molecular weight excluding hydrogens is 470 g/mol. The molecule has 0 aromatic heterocycles. The molecule has 1 aliphatic rings. The quantitative estimate of drug-likeness (QED) is 0.468. The van der Waals surface area contributed by atoms with Crippen molar-refractivity contribution in [2.45, 2.75) is 18.1 Å². The molecule has 34 heavy (non-hydrogen) atoms. The number of benzene rings is 3. The van der Waals surface area contributed by atoms with Crippen molar-refractivity contribution in [3.05, 3.63) is 89.4 Å². The molecule has 8 heteroatoms. The molecule has 1 saturated heterocycles. The summed E-state index contributed by atoms with van der Waals surface area (Å²) in [7, 11) is 1.59. The van der Waals surface area contributed by atoms with Crippen molar-refractivity contribution < 1.29 is 14.3 Å². The number of carbonyl (C=O) groups is 2. The van der Waals surface area contributed by atoms with Crippen LogP contribution in [0.25, 0.3) is 0 Å². The van der Waals surface area contributed by atoms with Gasteiger partial charge in [-0.2, -0.15) is 0 Å². The van der Waals surface area contributed by atoms with Crippen molar-refractivity contribution in [2.75, 3.05) is 19.0 Å². The van der Waals surface area contributed by atoms with Crippen LogP contribution >= 0.6 is 23.4 Å². The Morgan fingerprint density at radius 2 is 1.79 bits per heavy atom. The van der Waals surface area contributed by atoms with Crippen LogP contribution in [0.4, 0.5) is 11.4 Å². The lowest BCUT2D eigenvalue weighted by molar-refractivity contribution is -0.129. The third-order valence-electron chi connectivity index (χ3n) is 5.31. The maximum Gasteiger partial charge on any atom is 0.238 e. The molecule has 1 N–H and O–H groups in total. The smallest absolute Gasteiger partial charge is 0.238 e. The highest BCUT2D eigenvalue weighted by atomic mass is 35.5. The number of methoxy groups -OCH3 is 1. The molecule has 1 heterocycles. The summed E-state index contributed by atoms with van der Waals surface area (Å²) in [6.45, 7) is 0.481. The number of hydrogen-bond donors (Lipinski definition) is 1. The molecule has 4 rings (SSSR count). The molecule has 0 bridgehead atoms. The number of carbonyl (C=O) groups excluding carboxylic acids is 2. The number of nitrogens with one attached hydrogen (secondary N) is 1. The first kappa shape index (κ1) is 23.9. The van der Waals surface area contributed by atoms with E-state index in [9.17, 15) is 9.59 Å². The van der Waals surface area contributed by atoms with Crippen molar-refractivity contribution >= 4 is 51.7 Å². The van der Waals surface area contributed by atoms with Gasteiger partial charge in [-0.05, 0) is 60.5 Å². The summed E-state index contributed by atoms with van der Waals surface area (Å²) >= 11 is 7.30. The fraction of sp³-hybridized carbons (Fsp3) is 0.192. The zero-order valence-corrected chi connectivity index (χ0v) is 20.2. The van der Waals surface area contributed by atoms with Crippen molar-refractivity contribution in [3.63, 3.8) is 0 Å². The van der Waals surface area contributed by atoms with Crippen LogP contribution in [0.15, 0.2) is 83.9 Å². The van der Waals surface area contributed by atoms with E-state index in [1.165, 1.54) is 11.8 Å². The van der Waals surface area contributed by atoms with Crippen molar-refractivity contribution in [1.82, 2.24) is 4.90 Å². The lowest BCUT2D eigenvalue weighted by Gasteiger charge is -2.32. The number of nitrogens with zero attached hydrogens (tertiary/aromatic N) is 2. The molecule has 0 aliphatic carbocycles. The normalized spacial score (nSPS) is 17.0. The highest BCUT2D eigenvalue weighted by Crippen LogP contribution is 2.30. The summed E-state index contributed by atoms with van der Waals surface area (Å²) in [4.78, 5) is 32.5. The van der Waals surface area contributed by atoms with Crippen LogP contribution in [0.3, 0.4) is 0 Å². The number of ether oxygens (including phenoxy) is 1. The fourth-order valence-corrected chi connectivity index (χ4v) is 4.72. The van der Waals surface area contributed by atoms with Crippen LogP contribution in [-0.2, 0) is 16.0 Å². The van der Waals surface area contributed by atoms with Crippen LogP contribution in [0.2, 0.25) is 5.02 Å². The summed E-state index contributed by atoms with van der Waals surface area (Å²) in [5.41, 5.74) is 2.44. The van der Waals surface area contributed by atoms with Gasteiger partial charge in [0.25, 0.3) is 0 Å². The maximum atomic E-state index is 13.1. The second kappa shape index (κ2) is 11.2. The number of aliphatic imine (C=N–C) groups is 1. The molecule has 0 unspecified atom stereocenters. The van der Waals surface area contributed by atoms with Gasteiger partial charge in [-0.15, -0.1) is 0 Å². The first-order chi connectivity index (χ1) is 16.5. The standard InChI is InChI=1S/C26H24ClN3O3S/c1-33-22-13-11-20(12-14-22)28-25(32)23-17-24(31)30(16-15-18-5-3-2-4-6-18)26(34-23)29-21-9-7-19(27)8-10-21/h2-14,23H,15-17H2,1H3,(H,28,32)/t23-/m1/s1. The minimum Gasteiger partial charge on any atom is -0.497 e. The third kappa shape index (κ3) is 6.18.